The molecule has 0 atom stereocenters. The van der Waals surface area contributed by atoms with Crippen LogP contribution < -0.4 is 51.3 Å². The molecule has 0 saturated heterocycles. The summed E-state index contributed by atoms with van der Waals surface area (Å²) in [4.78, 5) is 16.4. The molecule has 0 saturated carbocycles. The smallest absolute Gasteiger partial charge is 0.176 e. The van der Waals surface area contributed by atoms with E-state index in [9.17, 15) is 0 Å². The molecule has 15 aromatic heterocycles. The summed E-state index contributed by atoms with van der Waals surface area (Å²) in [5.41, 5.74) is 25.6. The number of fused-ring (bicyclic) bond motifs is 10. The van der Waals surface area contributed by atoms with Crippen LogP contribution >= 0.6 is 0 Å². The third-order valence-corrected chi connectivity index (χ3v) is 23.4. The van der Waals surface area contributed by atoms with Crippen LogP contribution in [-0.2, 0) is 32.7 Å². The number of H-pyrrole nitrogens is 10. The van der Waals surface area contributed by atoms with Crippen LogP contribution in [0.25, 0.3) is 77.2 Å². The molecule has 48 nitrogen and oxygen atoms in total. The lowest BCUT2D eigenvalue weighted by Crippen LogP contribution is -2.29. The fourth-order valence-electron chi connectivity index (χ4n) is 16.5. The number of aromatic nitrogens is 38. The second-order valence-corrected chi connectivity index (χ2v) is 32.5. The first-order valence-corrected chi connectivity index (χ1v) is 45.8. The number of para-hydroxylation sites is 15. The fraction of sp³-hybridized carbons (Fsp3) is 0.103. The number of benzene rings is 10. The summed E-state index contributed by atoms with van der Waals surface area (Å²) < 4.78 is 5.39. The maximum atomic E-state index is 4.22. The van der Waals surface area contributed by atoms with E-state index in [-0.39, 0.29) is 0 Å². The highest BCUT2D eigenvalue weighted by atomic mass is 15.7. The van der Waals surface area contributed by atoms with Crippen LogP contribution in [0.15, 0.2) is 348 Å². The molecule has 0 radical (unpaired) electrons. The Hall–Kier alpha value is -20.9. The lowest BCUT2D eigenvalue weighted by atomic mass is 10.1. The molecule has 0 bridgehead atoms. The van der Waals surface area contributed by atoms with E-state index in [2.05, 4.69) is 277 Å². The molecule has 720 valence electrons. The van der Waals surface area contributed by atoms with Gasteiger partial charge in [-0.2, -0.15) is 96.8 Å². The van der Waals surface area contributed by atoms with E-state index in [0.717, 1.165) is 189 Å². The Morgan fingerprint density at radius 3 is 1.31 bits per heavy atom. The zero-order valence-corrected chi connectivity index (χ0v) is 77.2. The van der Waals surface area contributed by atoms with Crippen LogP contribution in [-0.4, -0.2) is 226 Å². The topological polar surface area (TPSA) is 555 Å². The number of hydrogen-bond donors (Lipinski definition) is 15. The molecule has 0 fully saturated rings. The van der Waals surface area contributed by atoms with E-state index >= 15 is 0 Å². The van der Waals surface area contributed by atoms with Gasteiger partial charge in [-0.05, 0) is 107 Å². The van der Waals surface area contributed by atoms with Crippen LogP contribution in [0.5, 0.6) is 0 Å². The van der Waals surface area contributed by atoms with Crippen LogP contribution in [0, 0.1) is 0 Å². The highest BCUT2D eigenvalue weighted by Gasteiger charge is 2.25. The Kier molecular flexibility index (Phi) is 27.5. The molecule has 0 amide bonds. The minimum absolute atomic E-state index is 0.667. The Morgan fingerprint density at radius 1 is 0.290 bits per heavy atom. The van der Waals surface area contributed by atoms with Crippen LogP contribution in [0.1, 0.15) is 28.3 Å². The number of aromatic amines is 10. The standard InChI is InChI=1S/C11H10N4.C10H11N5.C10H9N5.C10H11N5.C10H9N5.C10H8N4.3C9H9N5.C9H7N5/c1-2-4-11-10(3-1)9(7-12-11)8-15-6-5-13-14-15;1-2-4-10-9(3-1)11-7-15(10)6-8-5-12-14-13-8;1-2-4-9-8(3-1)10(14-13-9)5-7-6-11-15-12-7;1-2-4-10-9(3-1)11-7-14(10)8-15-6-5-12-13-15;1-2-4-9-8(3-1)10(13-12-9)7-15-6-5-11-14-15;1-2-4-9-7(3-1)8(5-11-9)10-6-12-14-13-10;1-2-4-8-7(3-1)10-6-14(8)9-5-11-13-12-9;2*1-2-4-9-8(3-1)10-7-13(9)14-6-5-11-12-14;1-2-4-7-6(3-1)9(13-11-7)8-5-10-14-12-8/h1-7,12H,8H2;1-5,11H,6-7H2,(H,12,13,14);1-4,6H,5H2,(H,13,14)(H,11,12,15);1-6,11H,7-8H2;1-6H,7H2,(H,12,13);1-6,11H,(H,12,13,14);1-5,10H,6H2,(H,11,12,13);2*1-6,10H,7H2;1-5H,(H,11,13)(H,10,12,14). The van der Waals surface area contributed by atoms with E-state index in [1.54, 1.807) is 76.2 Å². The van der Waals surface area contributed by atoms with Crippen molar-refractivity contribution in [3.63, 3.8) is 0 Å². The van der Waals surface area contributed by atoms with Crippen molar-refractivity contribution >= 4 is 117 Å². The molecule has 145 heavy (non-hydrogen) atoms. The molecular formula is C97H92N48. The summed E-state index contributed by atoms with van der Waals surface area (Å²) in [5.74, 6) is 0.836. The molecule has 5 aliphatic rings. The molecule has 25 aromatic rings. The van der Waals surface area contributed by atoms with Crippen molar-refractivity contribution in [2.75, 3.05) is 84.6 Å². The minimum atomic E-state index is 0.667. The van der Waals surface area contributed by atoms with E-state index < -0.39 is 0 Å². The van der Waals surface area contributed by atoms with Crippen molar-refractivity contribution in [2.24, 2.45) is 0 Å². The average Bonchev–Trinajstić information content (AvgIpc) is 1.70. The van der Waals surface area contributed by atoms with Gasteiger partial charge in [0.05, 0.1) is 199 Å². The maximum Gasteiger partial charge on any atom is 0.176 e. The van der Waals surface area contributed by atoms with Gasteiger partial charge in [0.2, 0.25) is 0 Å². The normalized spacial score (nSPS) is 12.3. The molecule has 48 heteroatoms. The first-order valence-electron chi connectivity index (χ1n) is 45.8. The zero-order valence-electron chi connectivity index (χ0n) is 77.2. The van der Waals surface area contributed by atoms with Crippen LogP contribution in [0.4, 0.5) is 62.7 Å². The largest absolute Gasteiger partial charge is 0.366 e. The quantitative estimate of drug-likeness (QED) is 0.0453. The third kappa shape index (κ3) is 21.6. The van der Waals surface area contributed by atoms with Gasteiger partial charge in [-0.15, -0.1) is 30.6 Å². The Balaban J connectivity index is 0.0000000948. The van der Waals surface area contributed by atoms with Gasteiger partial charge in [0.15, 0.2) is 5.82 Å². The van der Waals surface area contributed by atoms with Crippen molar-refractivity contribution in [2.45, 2.75) is 32.7 Å². The zero-order chi connectivity index (χ0) is 97.3. The number of hydrogen-bond acceptors (Lipinski definition) is 33. The van der Waals surface area contributed by atoms with Gasteiger partial charge in [0.25, 0.3) is 0 Å². The van der Waals surface area contributed by atoms with Gasteiger partial charge in [0.1, 0.15) is 42.8 Å². The second-order valence-electron chi connectivity index (χ2n) is 32.5. The SMILES string of the molecule is c1ccc2c(-c3cn[nH]n3)c[nH]c2c1.c1ccc2c(-c3cn[nH]n3)n[nH]c2c1.c1ccc2c(Cc3cn[nH]n3)[nH]nc2c1.c1ccc2c(Cn3ccnn3)[nH]nc2c1.c1ccc2c(Cn3ccnn3)c[nH]c2c1.c1ccc2c(c1)NCN2Cc1cn[nH]n1.c1ccc2c(c1)NCN2Cn1ccnn1.c1ccc2c(c1)NCN2c1cn[nH]n1.c1ccc2c(c1)NCN2n1ccnn1.c1ccc2c(c1)NCN2n1ccnn1. The molecule has 5 aliphatic heterocycles. The molecule has 30 rings (SSSR count). The van der Waals surface area contributed by atoms with Crippen LogP contribution in [0.2, 0.25) is 0 Å². The molecule has 0 unspecified atom stereocenters. The fourth-order valence-corrected chi connectivity index (χ4v) is 16.5. The van der Waals surface area contributed by atoms with Crippen molar-refractivity contribution in [3.8, 4) is 22.6 Å². The highest BCUT2D eigenvalue weighted by Crippen LogP contribution is 2.38. The molecule has 20 heterocycles. The summed E-state index contributed by atoms with van der Waals surface area (Å²) >= 11 is 0. The first-order chi connectivity index (χ1) is 71.9. The number of rotatable bonds is 15. The first kappa shape index (κ1) is 90.6. The summed E-state index contributed by atoms with van der Waals surface area (Å²) in [5, 5.41) is 139. The van der Waals surface area contributed by atoms with Crippen LogP contribution in [0.3, 0.4) is 0 Å². The summed E-state index contributed by atoms with van der Waals surface area (Å²) in [6.45, 7) is 6.76. The van der Waals surface area contributed by atoms with Gasteiger partial charge in [-0.3, -0.25) is 15.3 Å². The Morgan fingerprint density at radius 2 is 0.731 bits per heavy atom. The second kappa shape index (κ2) is 44.0. The maximum absolute atomic E-state index is 4.22. The van der Waals surface area contributed by atoms with Gasteiger partial charge >= 0.3 is 0 Å². The lowest BCUT2D eigenvalue weighted by molar-refractivity contribution is 0.573. The Bertz CT molecular complexity index is 7540. The van der Waals surface area contributed by atoms with E-state index in [4.69, 9.17) is 0 Å². The van der Waals surface area contributed by atoms with Crippen molar-refractivity contribution < 1.29 is 0 Å². The van der Waals surface area contributed by atoms with Gasteiger partial charge in [-0.1, -0.05) is 167 Å². The number of nitrogens with zero attached hydrogens (tertiary/aromatic N) is 33. The van der Waals surface area contributed by atoms with E-state index in [0.29, 0.717) is 6.54 Å². The lowest BCUT2D eigenvalue weighted by Gasteiger charge is -2.16. The van der Waals surface area contributed by atoms with Crippen molar-refractivity contribution in [3.05, 3.63) is 376 Å². The number of anilines is 11. The number of nitrogens with one attached hydrogen (secondary N) is 15. The minimum Gasteiger partial charge on any atom is -0.366 e. The van der Waals surface area contributed by atoms with Gasteiger partial charge in [-0.25, -0.2) is 24.1 Å². The van der Waals surface area contributed by atoms with E-state index in [1.807, 2.05) is 239 Å². The summed E-state index contributed by atoms with van der Waals surface area (Å²) in [6.07, 6.45) is 30.8. The molecule has 0 spiro atoms. The predicted molar refractivity (Wildman–Crippen MR) is 547 cm³/mol. The molecule has 0 aliphatic carbocycles. The van der Waals surface area contributed by atoms with Crippen molar-refractivity contribution in [1.29, 1.82) is 0 Å². The van der Waals surface area contributed by atoms with E-state index in [1.165, 1.54) is 39.1 Å². The van der Waals surface area contributed by atoms with Gasteiger partial charge in [0, 0.05) is 86.6 Å². The monoisotopic (exact) mass is 1930 g/mol. The van der Waals surface area contributed by atoms with Crippen molar-refractivity contribution in [1.82, 2.24) is 193 Å². The molecular weight excluding hydrogens is 1840 g/mol. The van der Waals surface area contributed by atoms with Gasteiger partial charge < -0.3 is 51.3 Å². The highest BCUT2D eigenvalue weighted by molar-refractivity contribution is 5.95. The third-order valence-electron chi connectivity index (χ3n) is 23.4. The molecule has 10 aromatic carbocycles. The molecule has 15 N–H and O–H groups in total. The summed E-state index contributed by atoms with van der Waals surface area (Å²) in [6, 6.07) is 81.2. The average molecular weight is 1930 g/mol. The predicted octanol–water partition coefficient (Wildman–Crippen LogP) is 13.1. The summed E-state index contributed by atoms with van der Waals surface area (Å²) in [7, 11) is 0. The Labute approximate surface area is 822 Å².